The number of benzene rings is 2. The summed E-state index contributed by atoms with van der Waals surface area (Å²) >= 11 is 0. The Bertz CT molecular complexity index is 906. The van der Waals surface area contributed by atoms with Crippen LogP contribution in [0.3, 0.4) is 0 Å². The van der Waals surface area contributed by atoms with E-state index in [4.69, 9.17) is 4.74 Å². The van der Waals surface area contributed by atoms with Crippen LogP contribution in [0.25, 0.3) is 0 Å². The van der Waals surface area contributed by atoms with E-state index in [0.717, 1.165) is 49.8 Å². The third kappa shape index (κ3) is 7.55. The molecular weight excluding hydrogens is 454 g/mol. The van der Waals surface area contributed by atoms with Crippen LogP contribution in [0.1, 0.15) is 57.1 Å². The van der Waals surface area contributed by atoms with Crippen molar-refractivity contribution in [1.82, 2.24) is 15.5 Å². The molecule has 0 saturated heterocycles. The molecule has 0 aliphatic heterocycles. The maximum atomic E-state index is 12.9. The number of amides is 2. The fraction of sp³-hybridized carbons (Fsp3) is 0.517. The standard InChI is InChI=1S/C29H41N3O4/c1-4-36-27(33)21-32(3)20-19-23-15-17-26(18-16-23)31-28(34)30-22(2)29(35,24-11-7-5-8-12-24)25-13-9-6-10-14-25/h5-14,22-23,26,35H,4,15-21H2,1-3H3,(H2,30,31,34)/t22-,23?,26?/m1/s1. The summed E-state index contributed by atoms with van der Waals surface area (Å²) in [5.41, 5.74) is 0.113. The van der Waals surface area contributed by atoms with Crippen LogP contribution in [0.15, 0.2) is 60.7 Å². The zero-order chi connectivity index (χ0) is 26.0. The second-order valence-corrected chi connectivity index (χ2v) is 9.89. The first-order valence-corrected chi connectivity index (χ1v) is 13.1. The van der Waals surface area contributed by atoms with Crippen molar-refractivity contribution >= 4 is 12.0 Å². The van der Waals surface area contributed by atoms with Gasteiger partial charge < -0.3 is 20.5 Å². The minimum absolute atomic E-state index is 0.118. The first-order chi connectivity index (χ1) is 17.3. The Labute approximate surface area is 215 Å². The quantitative estimate of drug-likeness (QED) is 0.409. The number of likely N-dealkylation sites (N-methyl/N-ethyl adjacent to an activating group) is 1. The fourth-order valence-electron chi connectivity index (χ4n) is 5.08. The van der Waals surface area contributed by atoms with Gasteiger partial charge >= 0.3 is 12.0 Å². The lowest BCUT2D eigenvalue weighted by molar-refractivity contribution is -0.144. The molecular formula is C29H41N3O4. The van der Waals surface area contributed by atoms with E-state index in [-0.39, 0.29) is 18.0 Å². The molecule has 3 N–H and O–H groups in total. The highest BCUT2D eigenvalue weighted by atomic mass is 16.5. The molecule has 0 unspecified atom stereocenters. The molecule has 2 amide bonds. The zero-order valence-corrected chi connectivity index (χ0v) is 21.8. The summed E-state index contributed by atoms with van der Waals surface area (Å²) < 4.78 is 5.01. The minimum Gasteiger partial charge on any atom is -0.465 e. The number of esters is 1. The van der Waals surface area contributed by atoms with E-state index in [0.29, 0.717) is 19.1 Å². The number of rotatable bonds is 11. The number of hydrogen-bond acceptors (Lipinski definition) is 5. The van der Waals surface area contributed by atoms with E-state index < -0.39 is 11.6 Å². The Morgan fingerprint density at radius 2 is 1.58 bits per heavy atom. The summed E-state index contributed by atoms with van der Waals surface area (Å²) in [6.07, 6.45) is 4.98. The third-order valence-electron chi connectivity index (χ3n) is 7.21. The molecule has 2 aromatic carbocycles. The van der Waals surface area contributed by atoms with Gasteiger partial charge in [0.1, 0.15) is 5.60 Å². The highest BCUT2D eigenvalue weighted by Crippen LogP contribution is 2.33. The van der Waals surface area contributed by atoms with E-state index in [1.165, 1.54) is 0 Å². The molecule has 0 aromatic heterocycles. The predicted molar refractivity (Wildman–Crippen MR) is 142 cm³/mol. The van der Waals surface area contributed by atoms with Gasteiger partial charge in [0.25, 0.3) is 0 Å². The second kappa shape index (κ2) is 13.4. The molecule has 1 fully saturated rings. The van der Waals surface area contributed by atoms with Gasteiger partial charge in [0, 0.05) is 6.04 Å². The molecule has 0 spiro atoms. The molecule has 1 saturated carbocycles. The normalized spacial score (nSPS) is 18.9. The number of urea groups is 1. The number of carbonyl (C=O) groups is 2. The minimum atomic E-state index is -1.35. The van der Waals surface area contributed by atoms with Gasteiger partial charge in [0.15, 0.2) is 0 Å². The summed E-state index contributed by atoms with van der Waals surface area (Å²) in [5.74, 6) is 0.413. The Balaban J connectivity index is 1.49. The molecule has 36 heavy (non-hydrogen) atoms. The lowest BCUT2D eigenvalue weighted by Gasteiger charge is -2.36. The number of carbonyl (C=O) groups excluding carboxylic acids is 2. The highest BCUT2D eigenvalue weighted by Gasteiger charge is 2.38. The van der Waals surface area contributed by atoms with Crippen molar-refractivity contribution in [3.05, 3.63) is 71.8 Å². The van der Waals surface area contributed by atoms with Crippen LogP contribution >= 0.6 is 0 Å². The van der Waals surface area contributed by atoms with Crippen molar-refractivity contribution in [2.24, 2.45) is 5.92 Å². The van der Waals surface area contributed by atoms with Crippen molar-refractivity contribution < 1.29 is 19.4 Å². The summed E-state index contributed by atoms with van der Waals surface area (Å²) in [6.45, 7) is 5.24. The van der Waals surface area contributed by atoms with E-state index in [1.807, 2.05) is 86.5 Å². The number of aliphatic hydroxyl groups is 1. The van der Waals surface area contributed by atoms with Gasteiger partial charge in [0.2, 0.25) is 0 Å². The third-order valence-corrected chi connectivity index (χ3v) is 7.21. The highest BCUT2D eigenvalue weighted by molar-refractivity contribution is 5.75. The maximum Gasteiger partial charge on any atom is 0.320 e. The van der Waals surface area contributed by atoms with Crippen LogP contribution in [0.5, 0.6) is 0 Å². The average molecular weight is 496 g/mol. The van der Waals surface area contributed by atoms with Crippen LogP contribution in [0.2, 0.25) is 0 Å². The first-order valence-electron chi connectivity index (χ1n) is 13.1. The first kappa shape index (κ1) is 27.7. The second-order valence-electron chi connectivity index (χ2n) is 9.89. The molecule has 1 aliphatic carbocycles. The van der Waals surface area contributed by atoms with Gasteiger partial charge in [-0.25, -0.2) is 4.79 Å². The maximum absolute atomic E-state index is 12.9. The number of ether oxygens (including phenoxy) is 1. The van der Waals surface area contributed by atoms with Gasteiger partial charge in [-0.15, -0.1) is 0 Å². The van der Waals surface area contributed by atoms with Crippen molar-refractivity contribution in [3.63, 3.8) is 0 Å². The zero-order valence-electron chi connectivity index (χ0n) is 21.8. The van der Waals surface area contributed by atoms with Gasteiger partial charge in [0.05, 0.1) is 19.2 Å². The largest absolute Gasteiger partial charge is 0.465 e. The fourth-order valence-corrected chi connectivity index (χ4v) is 5.08. The molecule has 196 valence electrons. The van der Waals surface area contributed by atoms with Crippen molar-refractivity contribution in [3.8, 4) is 0 Å². The number of nitrogens with zero attached hydrogens (tertiary/aromatic N) is 1. The molecule has 0 radical (unpaired) electrons. The Morgan fingerprint density at radius 1 is 1.03 bits per heavy atom. The molecule has 2 aromatic rings. The lowest BCUT2D eigenvalue weighted by atomic mass is 9.81. The summed E-state index contributed by atoms with van der Waals surface area (Å²) in [4.78, 5) is 26.5. The molecule has 0 bridgehead atoms. The smallest absolute Gasteiger partial charge is 0.320 e. The van der Waals surface area contributed by atoms with E-state index in [9.17, 15) is 14.7 Å². The summed E-state index contributed by atoms with van der Waals surface area (Å²) in [7, 11) is 1.95. The topological polar surface area (TPSA) is 90.9 Å². The van der Waals surface area contributed by atoms with Crippen LogP contribution < -0.4 is 10.6 Å². The number of hydrogen-bond donors (Lipinski definition) is 3. The van der Waals surface area contributed by atoms with Gasteiger partial charge in [-0.1, -0.05) is 60.7 Å². The average Bonchev–Trinajstić information content (AvgIpc) is 2.88. The van der Waals surface area contributed by atoms with Crippen molar-refractivity contribution in [1.29, 1.82) is 0 Å². The van der Waals surface area contributed by atoms with E-state index in [1.54, 1.807) is 0 Å². The van der Waals surface area contributed by atoms with Crippen LogP contribution in [-0.2, 0) is 15.1 Å². The van der Waals surface area contributed by atoms with Crippen LogP contribution in [0, 0.1) is 5.92 Å². The monoisotopic (exact) mass is 495 g/mol. The van der Waals surface area contributed by atoms with E-state index >= 15 is 0 Å². The molecule has 3 rings (SSSR count). The van der Waals surface area contributed by atoms with E-state index in [2.05, 4.69) is 10.6 Å². The predicted octanol–water partition coefficient (Wildman–Crippen LogP) is 4.05. The van der Waals surface area contributed by atoms with Gasteiger partial charge in [-0.3, -0.25) is 9.69 Å². The molecule has 1 atom stereocenters. The molecule has 1 aliphatic rings. The SMILES string of the molecule is CCOC(=O)CN(C)CCC1CCC(NC(=O)N[C@H](C)C(O)(c2ccccc2)c2ccccc2)CC1. The Kier molecular flexibility index (Phi) is 10.3. The molecule has 0 heterocycles. The van der Waals surface area contributed by atoms with Crippen LogP contribution in [-0.4, -0.2) is 60.8 Å². The Hall–Kier alpha value is -2.90. The van der Waals surface area contributed by atoms with Crippen LogP contribution in [0.4, 0.5) is 4.79 Å². The molecule has 7 nitrogen and oxygen atoms in total. The number of nitrogens with one attached hydrogen (secondary N) is 2. The van der Waals surface area contributed by atoms with Gasteiger partial charge in [-0.2, -0.15) is 0 Å². The lowest BCUT2D eigenvalue weighted by Crippen LogP contribution is -2.54. The summed E-state index contributed by atoms with van der Waals surface area (Å²) in [6, 6.07) is 18.2. The molecule has 7 heteroatoms. The van der Waals surface area contributed by atoms with Gasteiger partial charge in [-0.05, 0) is 76.6 Å². The summed E-state index contributed by atoms with van der Waals surface area (Å²) in [5, 5.41) is 17.9. The van der Waals surface area contributed by atoms with Crippen molar-refractivity contribution in [2.75, 3.05) is 26.7 Å². The van der Waals surface area contributed by atoms with Crippen molar-refractivity contribution in [2.45, 2.75) is 63.6 Å². The Morgan fingerprint density at radius 3 is 2.11 bits per heavy atom.